The van der Waals surface area contributed by atoms with Crippen molar-refractivity contribution in [2.24, 2.45) is 7.05 Å². The maximum absolute atomic E-state index is 15.1. The summed E-state index contributed by atoms with van der Waals surface area (Å²) in [6, 6.07) is 6.98. The fourth-order valence-electron chi connectivity index (χ4n) is 4.15. The molecule has 0 unspecified atom stereocenters. The minimum Gasteiger partial charge on any atom is -0.335 e. The van der Waals surface area contributed by atoms with E-state index in [2.05, 4.69) is 9.97 Å². The molecule has 5 rings (SSSR count). The first-order valence-electron chi connectivity index (χ1n) is 10.2. The second kappa shape index (κ2) is 7.80. The van der Waals surface area contributed by atoms with Crippen LogP contribution in [0.3, 0.4) is 0 Å². The van der Waals surface area contributed by atoms with Crippen molar-refractivity contribution in [1.82, 2.24) is 19.4 Å². The van der Waals surface area contributed by atoms with Gasteiger partial charge in [-0.15, -0.1) is 0 Å². The molecule has 10 heteroatoms. The summed E-state index contributed by atoms with van der Waals surface area (Å²) >= 11 is 0. The molecule has 7 nitrogen and oxygen atoms in total. The fourth-order valence-corrected chi connectivity index (χ4v) is 4.15. The van der Waals surface area contributed by atoms with Crippen molar-refractivity contribution in [2.75, 3.05) is 18.0 Å². The highest BCUT2D eigenvalue weighted by atomic mass is 19.1. The van der Waals surface area contributed by atoms with Crippen LogP contribution in [0.15, 0.2) is 53.7 Å². The number of carbonyl (C=O) groups is 1. The predicted molar refractivity (Wildman–Crippen MR) is 116 cm³/mol. The lowest BCUT2D eigenvalue weighted by molar-refractivity contribution is 0.218. The number of benzene rings is 2. The van der Waals surface area contributed by atoms with Crippen LogP contribution in [0.1, 0.15) is 5.56 Å². The predicted octanol–water partition coefficient (Wildman–Crippen LogP) is 3.79. The molecule has 0 atom stereocenters. The van der Waals surface area contributed by atoms with E-state index in [1.54, 1.807) is 23.9 Å². The number of H-pyrrole nitrogens is 1. The van der Waals surface area contributed by atoms with Crippen molar-refractivity contribution in [3.8, 4) is 11.1 Å². The first kappa shape index (κ1) is 20.8. The Morgan fingerprint density at radius 3 is 2.61 bits per heavy atom. The Kier molecular flexibility index (Phi) is 4.92. The number of urea groups is 1. The van der Waals surface area contributed by atoms with Gasteiger partial charge in [-0.05, 0) is 36.4 Å². The number of amides is 2. The summed E-state index contributed by atoms with van der Waals surface area (Å²) in [4.78, 5) is 34.5. The first-order chi connectivity index (χ1) is 15.8. The van der Waals surface area contributed by atoms with Crippen molar-refractivity contribution in [1.29, 1.82) is 0 Å². The Balaban J connectivity index is 1.43. The zero-order valence-electron chi connectivity index (χ0n) is 17.5. The van der Waals surface area contributed by atoms with E-state index in [1.165, 1.54) is 28.3 Å². The number of aromatic amines is 1. The van der Waals surface area contributed by atoms with Gasteiger partial charge in [-0.2, -0.15) is 0 Å². The van der Waals surface area contributed by atoms with Crippen molar-refractivity contribution in [3.05, 3.63) is 82.3 Å². The van der Waals surface area contributed by atoms with Crippen LogP contribution in [0.5, 0.6) is 0 Å². The highest BCUT2D eigenvalue weighted by Crippen LogP contribution is 2.32. The molecule has 1 saturated heterocycles. The van der Waals surface area contributed by atoms with Crippen LogP contribution in [0.25, 0.3) is 22.2 Å². The van der Waals surface area contributed by atoms with E-state index in [9.17, 15) is 18.4 Å². The third-order valence-corrected chi connectivity index (χ3v) is 5.78. The van der Waals surface area contributed by atoms with E-state index in [0.29, 0.717) is 16.9 Å². The lowest BCUT2D eigenvalue weighted by Gasteiger charge is -2.19. The van der Waals surface area contributed by atoms with Gasteiger partial charge in [-0.1, -0.05) is 0 Å². The quantitative estimate of drug-likeness (QED) is 0.511. The van der Waals surface area contributed by atoms with E-state index in [-0.39, 0.29) is 41.7 Å². The molecule has 1 N–H and O–H groups in total. The molecular formula is C23H18F3N5O2. The van der Waals surface area contributed by atoms with Gasteiger partial charge in [0.25, 0.3) is 5.56 Å². The van der Waals surface area contributed by atoms with Crippen LogP contribution in [0, 0.1) is 17.5 Å². The smallest absolute Gasteiger partial charge is 0.324 e. The van der Waals surface area contributed by atoms with Gasteiger partial charge in [-0.3, -0.25) is 9.69 Å². The summed E-state index contributed by atoms with van der Waals surface area (Å²) in [5.74, 6) is -1.79. The number of anilines is 1. The number of aromatic nitrogens is 3. The normalized spacial score (nSPS) is 14.0. The molecule has 168 valence electrons. The van der Waals surface area contributed by atoms with E-state index < -0.39 is 23.5 Å². The van der Waals surface area contributed by atoms with Crippen LogP contribution in [0.2, 0.25) is 0 Å². The van der Waals surface area contributed by atoms with Gasteiger partial charge in [0.15, 0.2) is 0 Å². The molecule has 0 radical (unpaired) electrons. The van der Waals surface area contributed by atoms with E-state index >= 15 is 4.39 Å². The Hall–Kier alpha value is -4.08. The molecule has 0 aliphatic carbocycles. The van der Waals surface area contributed by atoms with Crippen molar-refractivity contribution < 1.29 is 18.0 Å². The first-order valence-corrected chi connectivity index (χ1v) is 10.2. The lowest BCUT2D eigenvalue weighted by Crippen LogP contribution is -2.31. The van der Waals surface area contributed by atoms with Crippen LogP contribution in [-0.2, 0) is 13.6 Å². The third-order valence-electron chi connectivity index (χ3n) is 5.78. The lowest BCUT2D eigenvalue weighted by atomic mass is 10.1. The van der Waals surface area contributed by atoms with Gasteiger partial charge in [0.05, 0.1) is 18.3 Å². The fraction of sp³-hybridized carbons (Fsp3) is 0.174. The Morgan fingerprint density at radius 1 is 1.00 bits per heavy atom. The average Bonchev–Trinajstić information content (AvgIpc) is 3.31. The molecule has 4 aromatic rings. The topological polar surface area (TPSA) is 74.2 Å². The monoisotopic (exact) mass is 453 g/mol. The largest absolute Gasteiger partial charge is 0.335 e. The second-order valence-corrected chi connectivity index (χ2v) is 7.84. The zero-order chi connectivity index (χ0) is 23.3. The van der Waals surface area contributed by atoms with Crippen molar-refractivity contribution in [3.63, 3.8) is 0 Å². The molecule has 0 spiro atoms. The molecular weight excluding hydrogens is 435 g/mol. The van der Waals surface area contributed by atoms with Crippen LogP contribution < -0.4 is 10.5 Å². The number of hydrogen-bond acceptors (Lipinski definition) is 3. The van der Waals surface area contributed by atoms with Gasteiger partial charge < -0.3 is 14.5 Å². The summed E-state index contributed by atoms with van der Waals surface area (Å²) in [6.45, 7) is 0.459. The maximum Gasteiger partial charge on any atom is 0.324 e. The third kappa shape index (κ3) is 3.53. The van der Waals surface area contributed by atoms with E-state index in [1.807, 2.05) is 0 Å². The summed E-state index contributed by atoms with van der Waals surface area (Å²) in [6.07, 6.45) is 2.91. The summed E-state index contributed by atoms with van der Waals surface area (Å²) in [5.41, 5.74) is 1.04. The van der Waals surface area contributed by atoms with Gasteiger partial charge >= 0.3 is 6.03 Å². The number of carbonyl (C=O) groups excluding carboxylic acids is 1. The molecule has 1 aliphatic rings. The molecule has 3 heterocycles. The van der Waals surface area contributed by atoms with Gasteiger partial charge in [-0.25, -0.2) is 22.9 Å². The van der Waals surface area contributed by atoms with Gasteiger partial charge in [0.1, 0.15) is 23.1 Å². The highest BCUT2D eigenvalue weighted by Gasteiger charge is 2.31. The molecule has 0 saturated carbocycles. The maximum atomic E-state index is 15.1. The highest BCUT2D eigenvalue weighted by molar-refractivity contribution is 5.96. The second-order valence-electron chi connectivity index (χ2n) is 7.84. The standard InChI is InChI=1S/C23H18F3N5O2/c1-29-11-17(20-21(29)27-12-28-22(20)32)16-4-3-15(9-19(16)26)31-7-6-30(23(31)33)10-13-8-14(24)2-5-18(13)25/h2-5,8-9,11-12H,6-7,10H2,1H3,(H,27,28,32). The Morgan fingerprint density at radius 2 is 1.82 bits per heavy atom. The number of nitrogens with one attached hydrogen (secondary N) is 1. The van der Waals surface area contributed by atoms with Crippen LogP contribution in [0.4, 0.5) is 23.7 Å². The SMILES string of the molecule is Cn1cc(-c2ccc(N3CCN(Cc4cc(F)ccc4F)C3=O)cc2F)c2c(=O)[nH]cnc21. The number of fused-ring (bicyclic) bond motifs is 1. The molecule has 2 aromatic carbocycles. The summed E-state index contributed by atoms with van der Waals surface area (Å²) < 4.78 is 44.2. The molecule has 1 aliphatic heterocycles. The number of aryl methyl sites for hydroxylation is 1. The minimum atomic E-state index is -0.606. The van der Waals surface area contributed by atoms with E-state index in [0.717, 1.165) is 18.2 Å². The van der Waals surface area contributed by atoms with Gasteiger partial charge in [0.2, 0.25) is 0 Å². The molecule has 1 fully saturated rings. The Labute approximate surface area is 185 Å². The number of hydrogen-bond donors (Lipinski definition) is 1. The van der Waals surface area contributed by atoms with Crippen molar-refractivity contribution >= 4 is 22.8 Å². The molecule has 2 amide bonds. The van der Waals surface area contributed by atoms with Crippen LogP contribution >= 0.6 is 0 Å². The average molecular weight is 453 g/mol. The summed E-state index contributed by atoms with van der Waals surface area (Å²) in [5, 5.41) is 0.271. The minimum absolute atomic E-state index is 0.0708. The Bertz CT molecular complexity index is 1460. The summed E-state index contributed by atoms with van der Waals surface area (Å²) in [7, 11) is 1.71. The van der Waals surface area contributed by atoms with Crippen LogP contribution in [-0.4, -0.2) is 38.6 Å². The van der Waals surface area contributed by atoms with E-state index in [4.69, 9.17) is 0 Å². The van der Waals surface area contributed by atoms with Gasteiger partial charge in [0, 0.05) is 48.7 Å². The van der Waals surface area contributed by atoms with Crippen molar-refractivity contribution in [2.45, 2.75) is 6.54 Å². The number of halogens is 3. The zero-order valence-corrected chi connectivity index (χ0v) is 17.5. The number of nitrogens with zero attached hydrogens (tertiary/aromatic N) is 4. The molecule has 33 heavy (non-hydrogen) atoms. The number of rotatable bonds is 4. The molecule has 2 aromatic heterocycles. The molecule has 0 bridgehead atoms.